The lowest BCUT2D eigenvalue weighted by atomic mass is 10.0. The topological polar surface area (TPSA) is 121 Å². The van der Waals surface area contributed by atoms with Gasteiger partial charge in [0.05, 0.1) is 17.2 Å². The number of sulfonamides is 1. The van der Waals surface area contributed by atoms with E-state index in [1.807, 2.05) is 44.2 Å². The number of nitro groups is 1. The van der Waals surface area contributed by atoms with Gasteiger partial charge in [0, 0.05) is 49.9 Å². The summed E-state index contributed by atoms with van der Waals surface area (Å²) in [5.74, 6) is -0.396. The number of rotatable bonds is 12. The quantitative estimate of drug-likeness (QED) is 0.288. The molecule has 1 aliphatic heterocycles. The van der Waals surface area contributed by atoms with Gasteiger partial charge in [-0.05, 0) is 42.9 Å². The summed E-state index contributed by atoms with van der Waals surface area (Å²) in [6.07, 6.45) is 1.56. The molecule has 39 heavy (non-hydrogen) atoms. The van der Waals surface area contributed by atoms with Crippen LogP contribution in [-0.2, 0) is 21.4 Å². The summed E-state index contributed by atoms with van der Waals surface area (Å²) in [7, 11) is -3.57. The molecule has 1 aliphatic rings. The molecule has 0 aliphatic carbocycles. The van der Waals surface area contributed by atoms with E-state index in [0.717, 1.165) is 5.56 Å². The molecule has 11 heteroatoms. The zero-order valence-electron chi connectivity index (χ0n) is 22.9. The van der Waals surface area contributed by atoms with Crippen molar-refractivity contribution in [1.82, 2.24) is 14.1 Å². The van der Waals surface area contributed by atoms with E-state index in [1.54, 1.807) is 16.7 Å². The molecule has 212 valence electrons. The second kappa shape index (κ2) is 13.7. The molecule has 1 saturated heterocycles. The number of nitro benzene ring substituents is 1. The van der Waals surface area contributed by atoms with Gasteiger partial charge in [-0.3, -0.25) is 19.7 Å². The maximum absolute atomic E-state index is 13.7. The van der Waals surface area contributed by atoms with Gasteiger partial charge < -0.3 is 9.80 Å². The van der Waals surface area contributed by atoms with Crippen LogP contribution in [0.25, 0.3) is 0 Å². The lowest BCUT2D eigenvalue weighted by Gasteiger charge is -2.39. The SMILES string of the molecule is CCCS(=O)(=O)N(CC(=O)N(Cc1ccccc1)C1CCN(C(=O)c2ccc([N+](=O)[O-])cc2)CC1)CC(C)C. The Balaban J connectivity index is 1.75. The molecule has 0 spiro atoms. The minimum Gasteiger partial charge on any atom is -0.338 e. The standard InChI is InChI=1S/C28H38N4O6S/c1-4-18-39(37,38)30(19-22(2)3)21-27(33)31(20-23-8-6-5-7-9-23)25-14-16-29(17-15-25)28(34)24-10-12-26(13-11-24)32(35)36/h5-13,22,25H,4,14-21H2,1-3H3. The minimum absolute atomic E-state index is 0.00513. The Bertz CT molecular complexity index is 1230. The number of carbonyl (C=O) groups excluding carboxylic acids is 2. The third-order valence-electron chi connectivity index (χ3n) is 6.77. The summed E-state index contributed by atoms with van der Waals surface area (Å²) in [6.45, 7) is 6.91. The van der Waals surface area contributed by atoms with Crippen LogP contribution in [0.2, 0.25) is 0 Å². The predicted octanol–water partition coefficient (Wildman–Crippen LogP) is 3.93. The van der Waals surface area contributed by atoms with Crippen LogP contribution in [0, 0.1) is 16.0 Å². The van der Waals surface area contributed by atoms with Crippen molar-refractivity contribution in [3.63, 3.8) is 0 Å². The lowest BCUT2D eigenvalue weighted by molar-refractivity contribution is -0.384. The molecule has 0 radical (unpaired) electrons. The van der Waals surface area contributed by atoms with Gasteiger partial charge in [0.1, 0.15) is 0 Å². The Hall–Kier alpha value is -3.31. The molecule has 0 bridgehead atoms. The minimum atomic E-state index is -3.57. The smallest absolute Gasteiger partial charge is 0.269 e. The first-order valence-electron chi connectivity index (χ1n) is 13.4. The molecule has 2 aromatic rings. The van der Waals surface area contributed by atoms with Gasteiger partial charge in [0.25, 0.3) is 11.6 Å². The van der Waals surface area contributed by atoms with Crippen LogP contribution in [0.3, 0.4) is 0 Å². The summed E-state index contributed by atoms with van der Waals surface area (Å²) in [5.41, 5.74) is 1.25. The fourth-order valence-electron chi connectivity index (χ4n) is 4.80. The molecule has 3 rings (SSSR count). The van der Waals surface area contributed by atoms with Crippen LogP contribution in [0.1, 0.15) is 56.0 Å². The monoisotopic (exact) mass is 558 g/mol. The number of amides is 2. The molecular formula is C28H38N4O6S. The number of nitrogens with zero attached hydrogens (tertiary/aromatic N) is 4. The number of hydrogen-bond donors (Lipinski definition) is 0. The van der Waals surface area contributed by atoms with Crippen molar-refractivity contribution in [3.8, 4) is 0 Å². The van der Waals surface area contributed by atoms with E-state index in [2.05, 4.69) is 0 Å². The average molecular weight is 559 g/mol. The average Bonchev–Trinajstić information content (AvgIpc) is 2.91. The van der Waals surface area contributed by atoms with Crippen LogP contribution in [0.15, 0.2) is 54.6 Å². The first kappa shape index (κ1) is 30.2. The number of piperidine rings is 1. The van der Waals surface area contributed by atoms with Crippen molar-refractivity contribution in [2.45, 2.75) is 52.6 Å². The Morgan fingerprint density at radius 1 is 1.05 bits per heavy atom. The van der Waals surface area contributed by atoms with E-state index in [-0.39, 0.29) is 48.3 Å². The van der Waals surface area contributed by atoms with Gasteiger partial charge in [0.15, 0.2) is 0 Å². The highest BCUT2D eigenvalue weighted by atomic mass is 32.2. The molecule has 0 aromatic heterocycles. The van der Waals surface area contributed by atoms with Crippen molar-refractivity contribution in [1.29, 1.82) is 0 Å². The number of carbonyl (C=O) groups is 2. The number of hydrogen-bond acceptors (Lipinski definition) is 6. The highest BCUT2D eigenvalue weighted by Crippen LogP contribution is 2.23. The molecule has 10 nitrogen and oxygen atoms in total. The zero-order valence-corrected chi connectivity index (χ0v) is 23.7. The van der Waals surface area contributed by atoms with Gasteiger partial charge in [-0.25, -0.2) is 8.42 Å². The Morgan fingerprint density at radius 3 is 2.21 bits per heavy atom. The van der Waals surface area contributed by atoms with Gasteiger partial charge in [0.2, 0.25) is 15.9 Å². The largest absolute Gasteiger partial charge is 0.338 e. The normalized spacial score (nSPS) is 14.5. The van der Waals surface area contributed by atoms with Gasteiger partial charge in [-0.2, -0.15) is 4.31 Å². The highest BCUT2D eigenvalue weighted by molar-refractivity contribution is 7.89. The van der Waals surface area contributed by atoms with Crippen LogP contribution in [-0.4, -0.2) is 77.2 Å². The lowest BCUT2D eigenvalue weighted by Crippen LogP contribution is -2.51. The van der Waals surface area contributed by atoms with Crippen molar-refractivity contribution in [2.75, 3.05) is 31.9 Å². The fraction of sp³-hybridized carbons (Fsp3) is 0.500. The van der Waals surface area contributed by atoms with Gasteiger partial charge in [-0.1, -0.05) is 51.1 Å². The van der Waals surface area contributed by atoms with E-state index in [9.17, 15) is 28.1 Å². The third-order valence-corrected chi connectivity index (χ3v) is 8.76. The molecule has 0 atom stereocenters. The van der Waals surface area contributed by atoms with Crippen LogP contribution in [0.4, 0.5) is 5.69 Å². The van der Waals surface area contributed by atoms with Crippen molar-refractivity contribution in [3.05, 3.63) is 75.8 Å². The highest BCUT2D eigenvalue weighted by Gasteiger charge is 2.33. The van der Waals surface area contributed by atoms with E-state index in [0.29, 0.717) is 44.5 Å². The summed E-state index contributed by atoms with van der Waals surface area (Å²) < 4.78 is 27.2. The van der Waals surface area contributed by atoms with Gasteiger partial charge in [-0.15, -0.1) is 0 Å². The van der Waals surface area contributed by atoms with Crippen molar-refractivity contribution in [2.24, 2.45) is 5.92 Å². The van der Waals surface area contributed by atoms with Crippen LogP contribution in [0.5, 0.6) is 0 Å². The maximum atomic E-state index is 13.7. The van der Waals surface area contributed by atoms with E-state index in [1.165, 1.54) is 28.6 Å². The molecule has 2 aromatic carbocycles. The maximum Gasteiger partial charge on any atom is 0.269 e. The summed E-state index contributed by atoms with van der Waals surface area (Å²) >= 11 is 0. The fourth-order valence-corrected chi connectivity index (χ4v) is 6.41. The molecule has 1 heterocycles. The summed E-state index contributed by atoms with van der Waals surface area (Å²) in [6, 6.07) is 15.0. The number of likely N-dealkylation sites (tertiary alicyclic amines) is 1. The Kier molecular flexibility index (Phi) is 10.6. The van der Waals surface area contributed by atoms with E-state index in [4.69, 9.17) is 0 Å². The summed E-state index contributed by atoms with van der Waals surface area (Å²) in [5, 5.41) is 10.9. The molecule has 0 N–H and O–H groups in total. The van der Waals surface area contributed by atoms with E-state index < -0.39 is 14.9 Å². The predicted molar refractivity (Wildman–Crippen MR) is 150 cm³/mol. The number of benzene rings is 2. The molecule has 1 fully saturated rings. The second-order valence-corrected chi connectivity index (χ2v) is 12.4. The second-order valence-electron chi connectivity index (χ2n) is 10.3. The molecule has 2 amide bonds. The number of non-ortho nitro benzene ring substituents is 1. The third kappa shape index (κ3) is 8.34. The Morgan fingerprint density at radius 2 is 1.67 bits per heavy atom. The first-order valence-corrected chi connectivity index (χ1v) is 15.0. The van der Waals surface area contributed by atoms with Crippen LogP contribution < -0.4 is 0 Å². The first-order chi connectivity index (χ1) is 18.5. The molecule has 0 unspecified atom stereocenters. The molecular weight excluding hydrogens is 520 g/mol. The Labute approximate surface area is 230 Å². The van der Waals surface area contributed by atoms with Crippen molar-refractivity contribution >= 4 is 27.5 Å². The van der Waals surface area contributed by atoms with E-state index >= 15 is 0 Å². The zero-order chi connectivity index (χ0) is 28.6. The van der Waals surface area contributed by atoms with Gasteiger partial charge >= 0.3 is 0 Å². The summed E-state index contributed by atoms with van der Waals surface area (Å²) in [4.78, 5) is 40.6. The van der Waals surface area contributed by atoms with Crippen LogP contribution >= 0.6 is 0 Å². The molecule has 0 saturated carbocycles. The van der Waals surface area contributed by atoms with Crippen molar-refractivity contribution < 1.29 is 22.9 Å².